The number of nitrogens with one attached hydrogen (secondary N) is 2. The molecule has 4 unspecified atom stereocenters. The number of amides is 3. The van der Waals surface area contributed by atoms with E-state index >= 15 is 0 Å². The molecule has 0 spiro atoms. The molecule has 2 fully saturated rings. The SMILES string of the molecule is O=C(NC1CC(C(=O)O)N(C(=O)CSCC(=O)N2CC(NS(=O)(=O)c3cccs3)CC2C(=O)O)C1)c1cccs1. The molecule has 0 aromatic carbocycles. The van der Waals surface area contributed by atoms with Crippen molar-refractivity contribution in [1.29, 1.82) is 0 Å². The number of carbonyl (C=O) groups excluding carboxylic acids is 3. The Hall–Kier alpha value is -2.99. The van der Waals surface area contributed by atoms with Gasteiger partial charge in [-0.2, -0.15) is 0 Å². The van der Waals surface area contributed by atoms with Crippen LogP contribution in [0.15, 0.2) is 39.2 Å². The Morgan fingerprint density at radius 3 is 1.95 bits per heavy atom. The van der Waals surface area contributed by atoms with Gasteiger partial charge in [-0.05, 0) is 29.3 Å². The van der Waals surface area contributed by atoms with Crippen molar-refractivity contribution < 1.29 is 42.6 Å². The van der Waals surface area contributed by atoms with Crippen LogP contribution in [0.4, 0.5) is 0 Å². The Balaban J connectivity index is 1.30. The molecule has 2 saturated heterocycles. The minimum atomic E-state index is -3.87. The average molecular weight is 631 g/mol. The number of hydrogen-bond acceptors (Lipinski definition) is 10. The van der Waals surface area contributed by atoms with E-state index in [1.54, 1.807) is 29.0 Å². The van der Waals surface area contributed by atoms with Gasteiger partial charge in [0.15, 0.2) is 0 Å². The number of sulfonamides is 1. The third kappa shape index (κ3) is 7.01. The summed E-state index contributed by atoms with van der Waals surface area (Å²) in [5.41, 5.74) is 0. The highest BCUT2D eigenvalue weighted by atomic mass is 32.2. The predicted molar refractivity (Wildman–Crippen MR) is 147 cm³/mol. The second-order valence-electron chi connectivity index (χ2n) is 9.16. The Bertz CT molecular complexity index is 1360. The number of rotatable bonds is 11. The van der Waals surface area contributed by atoms with Gasteiger partial charge in [0.2, 0.25) is 21.8 Å². The summed E-state index contributed by atoms with van der Waals surface area (Å²) in [5, 5.41) is 25.3. The van der Waals surface area contributed by atoms with E-state index in [1.165, 1.54) is 17.4 Å². The van der Waals surface area contributed by atoms with Gasteiger partial charge >= 0.3 is 11.9 Å². The molecule has 4 atom stereocenters. The number of hydrogen-bond donors (Lipinski definition) is 4. The molecule has 3 amide bonds. The van der Waals surface area contributed by atoms with Crippen molar-refractivity contribution >= 4 is 74.1 Å². The van der Waals surface area contributed by atoms with Crippen LogP contribution < -0.4 is 10.0 Å². The van der Waals surface area contributed by atoms with Gasteiger partial charge in [-0.3, -0.25) is 14.4 Å². The molecule has 0 aliphatic carbocycles. The standard InChI is InChI=1S/C23H26N4O9S4/c28-18(26-9-13(7-15(26)22(31)32)24-21(30)17-3-1-5-38-17)11-37-12-19(29)27-10-14(8-16(27)23(33)34)25-40(35,36)20-4-2-6-39-20/h1-6,13-16,25H,7-12H2,(H,24,30)(H,31,32)(H,33,34). The highest BCUT2D eigenvalue weighted by Gasteiger charge is 2.42. The fourth-order valence-electron chi connectivity index (χ4n) is 4.63. The number of aliphatic carboxylic acids is 2. The lowest BCUT2D eigenvalue weighted by Gasteiger charge is -2.23. The first-order chi connectivity index (χ1) is 19.0. The molecule has 2 aliphatic rings. The highest BCUT2D eigenvalue weighted by molar-refractivity contribution is 8.00. The molecule has 2 aromatic rings. The monoisotopic (exact) mass is 630 g/mol. The van der Waals surface area contributed by atoms with E-state index in [0.717, 1.165) is 32.9 Å². The third-order valence-electron chi connectivity index (χ3n) is 6.43. The lowest BCUT2D eigenvalue weighted by Crippen LogP contribution is -2.43. The molecule has 2 aliphatic heterocycles. The minimum absolute atomic E-state index is 0.000693. The van der Waals surface area contributed by atoms with E-state index < -0.39 is 57.9 Å². The van der Waals surface area contributed by atoms with E-state index in [4.69, 9.17) is 0 Å². The van der Waals surface area contributed by atoms with Gasteiger partial charge in [0.1, 0.15) is 16.3 Å². The van der Waals surface area contributed by atoms with Gasteiger partial charge in [-0.25, -0.2) is 22.7 Å². The van der Waals surface area contributed by atoms with Gasteiger partial charge in [0, 0.05) is 31.6 Å². The quantitative estimate of drug-likeness (QED) is 0.270. The van der Waals surface area contributed by atoms with E-state index in [0.29, 0.717) is 4.88 Å². The van der Waals surface area contributed by atoms with E-state index in [-0.39, 0.29) is 47.6 Å². The largest absolute Gasteiger partial charge is 0.480 e. The minimum Gasteiger partial charge on any atom is -0.480 e. The van der Waals surface area contributed by atoms with Crippen LogP contribution in [0.5, 0.6) is 0 Å². The fraction of sp³-hybridized carbons (Fsp3) is 0.435. The van der Waals surface area contributed by atoms with Crippen LogP contribution in [0.1, 0.15) is 22.5 Å². The number of nitrogens with zero attached hydrogens (tertiary/aromatic N) is 2. The molecular formula is C23H26N4O9S4. The number of thioether (sulfide) groups is 1. The smallest absolute Gasteiger partial charge is 0.326 e. The van der Waals surface area contributed by atoms with Crippen LogP contribution in [-0.4, -0.2) is 107 Å². The number of likely N-dealkylation sites (tertiary alicyclic amines) is 2. The molecule has 13 nitrogen and oxygen atoms in total. The summed E-state index contributed by atoms with van der Waals surface area (Å²) in [5.74, 6) is -4.45. The van der Waals surface area contributed by atoms with Crippen LogP contribution >= 0.6 is 34.4 Å². The maximum Gasteiger partial charge on any atom is 0.326 e. The van der Waals surface area contributed by atoms with Crippen molar-refractivity contribution in [2.45, 2.75) is 41.2 Å². The molecule has 0 radical (unpaired) electrons. The van der Waals surface area contributed by atoms with Crippen molar-refractivity contribution in [2.75, 3.05) is 24.6 Å². The Kier molecular flexibility index (Phi) is 9.50. The molecule has 2 aromatic heterocycles. The van der Waals surface area contributed by atoms with Gasteiger partial charge in [0.25, 0.3) is 5.91 Å². The second kappa shape index (κ2) is 12.7. The molecule has 17 heteroatoms. The van der Waals surface area contributed by atoms with E-state index in [9.17, 15) is 42.6 Å². The number of carboxylic acid groups (broad SMARTS) is 2. The van der Waals surface area contributed by atoms with Crippen LogP contribution in [-0.2, 0) is 29.2 Å². The molecular weight excluding hydrogens is 605 g/mol. The second-order valence-corrected chi connectivity index (χ2v) is 14.0. The van der Waals surface area contributed by atoms with Crippen molar-refractivity contribution in [2.24, 2.45) is 0 Å². The lowest BCUT2D eigenvalue weighted by atomic mass is 10.1. The lowest BCUT2D eigenvalue weighted by molar-refractivity contribution is -0.147. The van der Waals surface area contributed by atoms with Gasteiger partial charge < -0.3 is 25.3 Å². The van der Waals surface area contributed by atoms with Crippen molar-refractivity contribution in [1.82, 2.24) is 19.8 Å². The summed E-state index contributed by atoms with van der Waals surface area (Å²) in [4.78, 5) is 64.3. The first-order valence-corrected chi connectivity index (χ1v) is 16.4. The average Bonchev–Trinajstić information content (AvgIpc) is 3.70. The van der Waals surface area contributed by atoms with Crippen molar-refractivity contribution in [3.05, 3.63) is 39.9 Å². The van der Waals surface area contributed by atoms with Gasteiger partial charge in [-0.15, -0.1) is 34.4 Å². The van der Waals surface area contributed by atoms with E-state index in [2.05, 4.69) is 10.0 Å². The maximum atomic E-state index is 12.9. The van der Waals surface area contributed by atoms with Crippen LogP contribution in [0.25, 0.3) is 0 Å². The van der Waals surface area contributed by atoms with E-state index in [1.807, 2.05) is 0 Å². The molecule has 40 heavy (non-hydrogen) atoms. The zero-order valence-electron chi connectivity index (χ0n) is 20.8. The van der Waals surface area contributed by atoms with Crippen LogP contribution in [0.3, 0.4) is 0 Å². The molecule has 216 valence electrons. The number of carboxylic acids is 2. The fourth-order valence-corrected chi connectivity index (χ4v) is 8.29. The highest BCUT2D eigenvalue weighted by Crippen LogP contribution is 2.24. The molecule has 0 bridgehead atoms. The summed E-state index contributed by atoms with van der Waals surface area (Å²) < 4.78 is 27.6. The molecule has 4 heterocycles. The zero-order chi connectivity index (χ0) is 29.0. The molecule has 4 rings (SSSR count). The first-order valence-electron chi connectivity index (χ1n) is 12.0. The number of carbonyl (C=O) groups is 5. The molecule has 4 N–H and O–H groups in total. The Morgan fingerprint density at radius 1 is 0.875 bits per heavy atom. The predicted octanol–water partition coefficient (Wildman–Crippen LogP) is 0.359. The maximum absolute atomic E-state index is 12.9. The summed E-state index contributed by atoms with van der Waals surface area (Å²) in [7, 11) is -3.87. The van der Waals surface area contributed by atoms with Crippen LogP contribution in [0, 0.1) is 0 Å². The number of thiophene rings is 2. The van der Waals surface area contributed by atoms with Crippen LogP contribution in [0.2, 0.25) is 0 Å². The topological polar surface area (TPSA) is 190 Å². The first kappa shape index (κ1) is 30.0. The Labute approximate surface area is 241 Å². The zero-order valence-corrected chi connectivity index (χ0v) is 24.1. The summed E-state index contributed by atoms with van der Waals surface area (Å²) in [6, 6.07) is 2.62. The normalized spacial score (nSPS) is 22.8. The summed E-state index contributed by atoms with van der Waals surface area (Å²) in [6.45, 7) is -0.144. The third-order valence-corrected chi connectivity index (χ3v) is 11.1. The summed E-state index contributed by atoms with van der Waals surface area (Å²) >= 11 is 3.16. The van der Waals surface area contributed by atoms with Gasteiger partial charge in [-0.1, -0.05) is 12.1 Å². The summed E-state index contributed by atoms with van der Waals surface area (Å²) in [6.07, 6.45) is -0.0689. The Morgan fingerprint density at radius 2 is 1.43 bits per heavy atom. The molecule has 0 saturated carbocycles. The van der Waals surface area contributed by atoms with Crippen molar-refractivity contribution in [3.8, 4) is 0 Å². The van der Waals surface area contributed by atoms with Crippen molar-refractivity contribution in [3.63, 3.8) is 0 Å². The van der Waals surface area contributed by atoms with Gasteiger partial charge in [0.05, 0.1) is 16.4 Å².